The van der Waals surface area contributed by atoms with Crippen LogP contribution < -0.4 is 10.6 Å². The molecule has 0 spiro atoms. The average molecular weight is 406 g/mol. The van der Waals surface area contributed by atoms with Crippen molar-refractivity contribution in [1.82, 2.24) is 20.5 Å². The first-order valence-electron chi connectivity index (χ1n) is 9.83. The van der Waals surface area contributed by atoms with Gasteiger partial charge in [-0.15, -0.1) is 22.7 Å². The van der Waals surface area contributed by atoms with Crippen LogP contribution >= 0.6 is 22.7 Å². The molecule has 2 N–H and O–H groups in total. The summed E-state index contributed by atoms with van der Waals surface area (Å²) in [5.74, 6) is 1.65. The number of hydrogen-bond acceptors (Lipinski definition) is 5. The lowest BCUT2D eigenvalue weighted by Gasteiger charge is -2.31. The highest BCUT2D eigenvalue weighted by Gasteiger charge is 2.20. The minimum Gasteiger partial charge on any atom is -0.357 e. The summed E-state index contributed by atoms with van der Waals surface area (Å²) in [6.45, 7) is 12.3. The van der Waals surface area contributed by atoms with Crippen LogP contribution in [-0.2, 0) is 13.1 Å². The van der Waals surface area contributed by atoms with E-state index in [2.05, 4.69) is 58.8 Å². The van der Waals surface area contributed by atoms with Crippen LogP contribution in [0.3, 0.4) is 0 Å². The third kappa shape index (κ3) is 6.59. The molecule has 0 aliphatic carbocycles. The Labute approximate surface area is 170 Å². The number of aliphatic imine (C=N–C) groups is 1. The number of nitrogens with one attached hydrogen (secondary N) is 2. The fraction of sp³-hybridized carbons (Fsp3) is 0.600. The number of thiophene rings is 1. The molecule has 0 radical (unpaired) electrons. The molecule has 2 aromatic heterocycles. The monoisotopic (exact) mass is 405 g/mol. The molecule has 2 aromatic rings. The van der Waals surface area contributed by atoms with Crippen LogP contribution in [0.25, 0.3) is 0 Å². The Bertz CT molecular complexity index is 728. The van der Waals surface area contributed by atoms with Gasteiger partial charge in [-0.25, -0.2) is 9.98 Å². The molecular formula is C20H31N5S2. The van der Waals surface area contributed by atoms with E-state index >= 15 is 0 Å². The summed E-state index contributed by atoms with van der Waals surface area (Å²) in [7, 11) is 0. The molecule has 5 nitrogen and oxygen atoms in total. The van der Waals surface area contributed by atoms with Crippen molar-refractivity contribution in [2.45, 2.75) is 46.7 Å². The van der Waals surface area contributed by atoms with E-state index in [-0.39, 0.29) is 0 Å². The van der Waals surface area contributed by atoms with Crippen LogP contribution in [0.2, 0.25) is 0 Å². The van der Waals surface area contributed by atoms with Gasteiger partial charge < -0.3 is 10.6 Å². The van der Waals surface area contributed by atoms with E-state index in [0.717, 1.165) is 50.2 Å². The maximum Gasteiger partial charge on any atom is 0.191 e. The molecule has 0 atom stereocenters. The van der Waals surface area contributed by atoms with Gasteiger partial charge in [-0.05, 0) is 64.8 Å². The average Bonchev–Trinajstić information content (AvgIpc) is 3.26. The van der Waals surface area contributed by atoms with E-state index in [0.29, 0.717) is 5.92 Å². The first kappa shape index (κ1) is 20.3. The molecule has 148 valence electrons. The van der Waals surface area contributed by atoms with Gasteiger partial charge in [0.1, 0.15) is 0 Å². The molecule has 1 aliphatic rings. The Morgan fingerprint density at radius 3 is 2.70 bits per heavy atom. The second-order valence-corrected chi connectivity index (χ2v) is 9.60. The van der Waals surface area contributed by atoms with Gasteiger partial charge in [-0.3, -0.25) is 4.90 Å². The van der Waals surface area contributed by atoms with Crippen molar-refractivity contribution in [2.75, 3.05) is 26.2 Å². The summed E-state index contributed by atoms with van der Waals surface area (Å²) in [4.78, 5) is 14.5. The van der Waals surface area contributed by atoms with Gasteiger partial charge in [-0.1, -0.05) is 0 Å². The molecular weight excluding hydrogens is 374 g/mol. The standard InChI is InChI=1S/C20H31N5S2/c1-4-21-20(23-12-19-6-5-15(2)27-19)22-11-17-7-9-25(10-8-17)13-18-14-26-16(3)24-18/h5-6,14,17H,4,7-13H2,1-3H3,(H2,21,22,23). The van der Waals surface area contributed by atoms with Crippen LogP contribution in [0.4, 0.5) is 0 Å². The summed E-state index contributed by atoms with van der Waals surface area (Å²) in [6, 6.07) is 4.34. The maximum atomic E-state index is 4.74. The van der Waals surface area contributed by atoms with E-state index in [4.69, 9.17) is 4.99 Å². The number of thiazole rings is 1. The van der Waals surface area contributed by atoms with Gasteiger partial charge in [0.15, 0.2) is 5.96 Å². The van der Waals surface area contributed by atoms with Crippen molar-refractivity contribution < 1.29 is 0 Å². The van der Waals surface area contributed by atoms with Crippen molar-refractivity contribution in [3.05, 3.63) is 38.0 Å². The molecule has 1 fully saturated rings. The second kappa shape index (κ2) is 10.2. The van der Waals surface area contributed by atoms with Crippen molar-refractivity contribution in [2.24, 2.45) is 10.9 Å². The fourth-order valence-corrected chi connectivity index (χ4v) is 4.79. The lowest BCUT2D eigenvalue weighted by Crippen LogP contribution is -2.42. The smallest absolute Gasteiger partial charge is 0.191 e. The molecule has 0 amide bonds. The number of hydrogen-bond donors (Lipinski definition) is 2. The number of likely N-dealkylation sites (tertiary alicyclic amines) is 1. The fourth-order valence-electron chi connectivity index (χ4n) is 3.37. The van der Waals surface area contributed by atoms with Crippen molar-refractivity contribution >= 4 is 28.6 Å². The summed E-state index contributed by atoms with van der Waals surface area (Å²) in [5.41, 5.74) is 1.22. The Kier molecular flexibility index (Phi) is 7.67. The minimum absolute atomic E-state index is 0.714. The Hall–Kier alpha value is -1.44. The van der Waals surface area contributed by atoms with Crippen molar-refractivity contribution in [1.29, 1.82) is 0 Å². The van der Waals surface area contributed by atoms with Gasteiger partial charge in [0.2, 0.25) is 0 Å². The van der Waals surface area contributed by atoms with Crippen LogP contribution in [-0.4, -0.2) is 42.0 Å². The van der Waals surface area contributed by atoms with E-state index in [1.807, 2.05) is 11.3 Å². The van der Waals surface area contributed by atoms with E-state index < -0.39 is 0 Å². The second-order valence-electron chi connectivity index (χ2n) is 7.17. The Balaban J connectivity index is 1.41. The highest BCUT2D eigenvalue weighted by Crippen LogP contribution is 2.19. The highest BCUT2D eigenvalue weighted by molar-refractivity contribution is 7.11. The van der Waals surface area contributed by atoms with E-state index in [1.165, 1.54) is 28.3 Å². The number of piperidine rings is 1. The van der Waals surface area contributed by atoms with Gasteiger partial charge >= 0.3 is 0 Å². The van der Waals surface area contributed by atoms with Crippen LogP contribution in [0.5, 0.6) is 0 Å². The molecule has 27 heavy (non-hydrogen) atoms. The minimum atomic E-state index is 0.714. The van der Waals surface area contributed by atoms with Crippen LogP contribution in [0.15, 0.2) is 22.5 Å². The first-order chi connectivity index (χ1) is 13.1. The van der Waals surface area contributed by atoms with Gasteiger partial charge in [-0.2, -0.15) is 0 Å². The third-order valence-corrected chi connectivity index (χ3v) is 6.66. The molecule has 1 saturated heterocycles. The lowest BCUT2D eigenvalue weighted by molar-refractivity contribution is 0.176. The quantitative estimate of drug-likeness (QED) is 0.544. The lowest BCUT2D eigenvalue weighted by atomic mass is 9.97. The molecule has 0 saturated carbocycles. The molecule has 3 heterocycles. The Morgan fingerprint density at radius 1 is 1.26 bits per heavy atom. The number of guanidine groups is 1. The normalized spacial score (nSPS) is 16.6. The van der Waals surface area contributed by atoms with E-state index in [1.54, 1.807) is 11.3 Å². The number of aryl methyl sites for hydroxylation is 2. The zero-order chi connectivity index (χ0) is 19.1. The van der Waals surface area contributed by atoms with Crippen molar-refractivity contribution in [3.63, 3.8) is 0 Å². The number of nitrogens with zero attached hydrogens (tertiary/aromatic N) is 3. The summed E-state index contributed by atoms with van der Waals surface area (Å²) >= 11 is 3.57. The van der Waals surface area contributed by atoms with Crippen molar-refractivity contribution in [3.8, 4) is 0 Å². The zero-order valence-corrected chi connectivity index (χ0v) is 18.3. The molecule has 3 rings (SSSR count). The largest absolute Gasteiger partial charge is 0.357 e. The molecule has 0 unspecified atom stereocenters. The van der Waals surface area contributed by atoms with Gasteiger partial charge in [0.25, 0.3) is 0 Å². The summed E-state index contributed by atoms with van der Waals surface area (Å²) in [5, 5.41) is 10.3. The molecule has 1 aliphatic heterocycles. The van der Waals surface area contributed by atoms with Gasteiger partial charge in [0.05, 0.1) is 17.2 Å². The number of rotatable bonds is 7. The van der Waals surface area contributed by atoms with Crippen LogP contribution in [0.1, 0.15) is 40.2 Å². The molecule has 0 aromatic carbocycles. The summed E-state index contributed by atoms with van der Waals surface area (Å²) < 4.78 is 0. The first-order valence-corrected chi connectivity index (χ1v) is 11.5. The summed E-state index contributed by atoms with van der Waals surface area (Å²) in [6.07, 6.45) is 2.47. The maximum absolute atomic E-state index is 4.74. The Morgan fingerprint density at radius 2 is 2.07 bits per heavy atom. The van der Waals surface area contributed by atoms with Gasteiger partial charge in [0, 0.05) is 34.8 Å². The molecule has 0 bridgehead atoms. The topological polar surface area (TPSA) is 52.6 Å². The highest BCUT2D eigenvalue weighted by atomic mass is 32.1. The van der Waals surface area contributed by atoms with E-state index in [9.17, 15) is 0 Å². The predicted molar refractivity (Wildman–Crippen MR) is 117 cm³/mol. The number of aromatic nitrogens is 1. The third-order valence-electron chi connectivity index (χ3n) is 4.85. The van der Waals surface area contributed by atoms with Crippen LogP contribution in [0, 0.1) is 19.8 Å². The zero-order valence-electron chi connectivity index (χ0n) is 16.6. The molecule has 7 heteroatoms. The predicted octanol–water partition coefficient (Wildman–Crippen LogP) is 3.79. The SMILES string of the molecule is CCNC(=NCc1ccc(C)s1)NCC1CCN(Cc2csc(C)n2)CC1.